The van der Waals surface area contributed by atoms with Gasteiger partial charge < -0.3 is 14.2 Å². The molecule has 0 heterocycles. The SMILES string of the molecule is CCCCCCCCCC(=O)OC[C@H](COC(=O)CCCCCCCCCCC(C)CC)OC(=O)CCCCCCCCCCC(C)C. The normalized spacial score (nSPS) is 12.6. The molecule has 0 aliphatic carbocycles. The third kappa shape index (κ3) is 34.3. The van der Waals surface area contributed by atoms with E-state index in [0.717, 1.165) is 69.6 Å². The van der Waals surface area contributed by atoms with Gasteiger partial charge in [0.15, 0.2) is 6.10 Å². The van der Waals surface area contributed by atoms with Gasteiger partial charge in [-0.25, -0.2) is 0 Å². The molecule has 2 atom stereocenters. The topological polar surface area (TPSA) is 78.9 Å². The van der Waals surface area contributed by atoms with Gasteiger partial charge in [-0.3, -0.25) is 14.4 Å². The summed E-state index contributed by atoms with van der Waals surface area (Å²) in [6, 6.07) is 0. The van der Waals surface area contributed by atoms with Gasteiger partial charge in [0.25, 0.3) is 0 Å². The average molecular weight is 681 g/mol. The zero-order valence-electron chi connectivity index (χ0n) is 32.6. The Bertz CT molecular complexity index is 736. The summed E-state index contributed by atoms with van der Waals surface area (Å²) in [5.74, 6) is 0.769. The Morgan fingerprint density at radius 1 is 0.438 bits per heavy atom. The van der Waals surface area contributed by atoms with Crippen molar-refractivity contribution in [1.82, 2.24) is 0 Å². The molecule has 0 spiro atoms. The van der Waals surface area contributed by atoms with E-state index in [1.165, 1.54) is 109 Å². The second kappa shape index (κ2) is 35.2. The summed E-state index contributed by atoms with van der Waals surface area (Å²) in [6.45, 7) is 11.2. The third-order valence-electron chi connectivity index (χ3n) is 9.58. The number of esters is 3. The smallest absolute Gasteiger partial charge is 0.306 e. The first-order valence-electron chi connectivity index (χ1n) is 20.8. The van der Waals surface area contributed by atoms with E-state index < -0.39 is 6.10 Å². The average Bonchev–Trinajstić information content (AvgIpc) is 3.06. The van der Waals surface area contributed by atoms with Crippen molar-refractivity contribution in [3.63, 3.8) is 0 Å². The van der Waals surface area contributed by atoms with Crippen molar-refractivity contribution in [3.8, 4) is 0 Å². The van der Waals surface area contributed by atoms with Gasteiger partial charge in [-0.05, 0) is 31.1 Å². The van der Waals surface area contributed by atoms with E-state index >= 15 is 0 Å². The zero-order valence-corrected chi connectivity index (χ0v) is 32.6. The minimum Gasteiger partial charge on any atom is -0.462 e. The molecule has 48 heavy (non-hydrogen) atoms. The molecule has 0 aromatic rings. The molecule has 0 amide bonds. The predicted octanol–water partition coefficient (Wildman–Crippen LogP) is 12.6. The lowest BCUT2D eigenvalue weighted by molar-refractivity contribution is -0.167. The number of unbranched alkanes of at least 4 members (excludes halogenated alkanes) is 20. The second-order valence-corrected chi connectivity index (χ2v) is 15.0. The molecule has 0 aliphatic heterocycles. The monoisotopic (exact) mass is 681 g/mol. The molecule has 0 aromatic heterocycles. The van der Waals surface area contributed by atoms with Gasteiger partial charge in [-0.2, -0.15) is 0 Å². The standard InChI is InChI=1S/C42H80O6/c1-6-8-9-10-15-22-27-32-40(43)46-35-39(48-42(45)34-29-24-19-13-11-16-20-25-30-37(3)4)36-47-41(44)33-28-23-18-14-12-17-21-26-31-38(5)7-2/h37-39H,6-36H2,1-5H3/t38?,39-/m1/s1. The van der Waals surface area contributed by atoms with Crippen LogP contribution in [0.4, 0.5) is 0 Å². The molecule has 0 saturated heterocycles. The molecule has 1 unspecified atom stereocenters. The van der Waals surface area contributed by atoms with Crippen molar-refractivity contribution in [1.29, 1.82) is 0 Å². The van der Waals surface area contributed by atoms with E-state index in [9.17, 15) is 14.4 Å². The lowest BCUT2D eigenvalue weighted by Gasteiger charge is -2.18. The maximum Gasteiger partial charge on any atom is 0.306 e. The quantitative estimate of drug-likeness (QED) is 0.0372. The maximum absolute atomic E-state index is 12.6. The van der Waals surface area contributed by atoms with Crippen LogP contribution in [0.3, 0.4) is 0 Å². The van der Waals surface area contributed by atoms with E-state index in [0.29, 0.717) is 19.3 Å². The summed E-state index contributed by atoms with van der Waals surface area (Å²) < 4.78 is 16.6. The summed E-state index contributed by atoms with van der Waals surface area (Å²) in [5.41, 5.74) is 0. The Labute approximate surface area is 298 Å². The molecule has 0 N–H and O–H groups in total. The van der Waals surface area contributed by atoms with Crippen molar-refractivity contribution in [2.24, 2.45) is 11.8 Å². The van der Waals surface area contributed by atoms with Crippen LogP contribution in [0.1, 0.15) is 221 Å². The summed E-state index contributed by atoms with van der Waals surface area (Å²) >= 11 is 0. The van der Waals surface area contributed by atoms with Gasteiger partial charge in [-0.15, -0.1) is 0 Å². The molecule has 0 rings (SSSR count). The van der Waals surface area contributed by atoms with Crippen molar-refractivity contribution >= 4 is 17.9 Å². The molecule has 6 nitrogen and oxygen atoms in total. The summed E-state index contributed by atoms with van der Waals surface area (Å²) in [5, 5.41) is 0. The Morgan fingerprint density at radius 2 is 0.792 bits per heavy atom. The van der Waals surface area contributed by atoms with Crippen LogP contribution in [0.5, 0.6) is 0 Å². The van der Waals surface area contributed by atoms with E-state index in [1.54, 1.807) is 0 Å². The molecule has 0 bridgehead atoms. The van der Waals surface area contributed by atoms with Gasteiger partial charge in [0.1, 0.15) is 13.2 Å². The predicted molar refractivity (Wildman–Crippen MR) is 201 cm³/mol. The van der Waals surface area contributed by atoms with E-state index in [1.807, 2.05) is 0 Å². The molecular weight excluding hydrogens is 600 g/mol. The van der Waals surface area contributed by atoms with Crippen LogP contribution in [-0.2, 0) is 28.6 Å². The number of carbonyl (C=O) groups is 3. The number of carbonyl (C=O) groups excluding carboxylic acids is 3. The fourth-order valence-corrected chi connectivity index (χ4v) is 6.01. The molecule has 6 heteroatoms. The summed E-state index contributed by atoms with van der Waals surface area (Å²) in [4.78, 5) is 37.4. The summed E-state index contributed by atoms with van der Waals surface area (Å²) in [6.07, 6.45) is 31.0. The lowest BCUT2D eigenvalue weighted by Crippen LogP contribution is -2.30. The maximum atomic E-state index is 12.6. The Kier molecular flexibility index (Phi) is 34.1. The first kappa shape index (κ1) is 46.4. The molecular formula is C42H80O6. The Morgan fingerprint density at radius 3 is 1.19 bits per heavy atom. The van der Waals surface area contributed by atoms with E-state index in [-0.39, 0.29) is 31.1 Å². The van der Waals surface area contributed by atoms with Crippen LogP contribution in [0.2, 0.25) is 0 Å². The highest BCUT2D eigenvalue weighted by molar-refractivity contribution is 5.71. The number of ether oxygens (including phenoxy) is 3. The van der Waals surface area contributed by atoms with Crippen molar-refractivity contribution < 1.29 is 28.6 Å². The minimum atomic E-state index is -0.759. The van der Waals surface area contributed by atoms with Gasteiger partial charge in [-0.1, -0.05) is 182 Å². The van der Waals surface area contributed by atoms with Crippen LogP contribution in [0, 0.1) is 11.8 Å². The van der Waals surface area contributed by atoms with Crippen LogP contribution in [0.25, 0.3) is 0 Å². The van der Waals surface area contributed by atoms with Gasteiger partial charge in [0.05, 0.1) is 0 Å². The van der Waals surface area contributed by atoms with Crippen LogP contribution in [-0.4, -0.2) is 37.2 Å². The number of hydrogen-bond donors (Lipinski definition) is 0. The van der Waals surface area contributed by atoms with Crippen LogP contribution < -0.4 is 0 Å². The van der Waals surface area contributed by atoms with Gasteiger partial charge in [0.2, 0.25) is 0 Å². The van der Waals surface area contributed by atoms with Gasteiger partial charge in [0, 0.05) is 19.3 Å². The molecule has 284 valence electrons. The highest BCUT2D eigenvalue weighted by Crippen LogP contribution is 2.16. The molecule has 0 saturated carbocycles. The van der Waals surface area contributed by atoms with E-state index in [2.05, 4.69) is 34.6 Å². The molecule has 0 fully saturated rings. The fourth-order valence-electron chi connectivity index (χ4n) is 6.01. The first-order valence-corrected chi connectivity index (χ1v) is 20.8. The van der Waals surface area contributed by atoms with Crippen LogP contribution >= 0.6 is 0 Å². The lowest BCUT2D eigenvalue weighted by atomic mass is 9.99. The molecule has 0 aliphatic rings. The van der Waals surface area contributed by atoms with Gasteiger partial charge >= 0.3 is 17.9 Å². The molecule has 0 radical (unpaired) electrons. The van der Waals surface area contributed by atoms with Crippen molar-refractivity contribution in [3.05, 3.63) is 0 Å². The minimum absolute atomic E-state index is 0.0667. The Balaban J connectivity index is 4.33. The third-order valence-corrected chi connectivity index (χ3v) is 9.58. The van der Waals surface area contributed by atoms with Crippen LogP contribution in [0.15, 0.2) is 0 Å². The zero-order chi connectivity index (χ0) is 35.5. The second-order valence-electron chi connectivity index (χ2n) is 15.0. The first-order chi connectivity index (χ1) is 23.3. The summed E-state index contributed by atoms with van der Waals surface area (Å²) in [7, 11) is 0. The van der Waals surface area contributed by atoms with E-state index in [4.69, 9.17) is 14.2 Å². The highest BCUT2D eigenvalue weighted by atomic mass is 16.6. The fraction of sp³-hybridized carbons (Fsp3) is 0.929. The van der Waals surface area contributed by atoms with Crippen molar-refractivity contribution in [2.45, 2.75) is 227 Å². The molecule has 0 aromatic carbocycles. The largest absolute Gasteiger partial charge is 0.462 e. The Hall–Kier alpha value is -1.59. The number of hydrogen-bond acceptors (Lipinski definition) is 6. The highest BCUT2D eigenvalue weighted by Gasteiger charge is 2.19. The number of rotatable bonds is 36. The van der Waals surface area contributed by atoms with Crippen molar-refractivity contribution in [2.75, 3.05) is 13.2 Å².